The zero-order valence-corrected chi connectivity index (χ0v) is 12.3. The van der Waals surface area contributed by atoms with Crippen LogP contribution < -0.4 is 5.32 Å². The number of hydrogen-bond donors (Lipinski definition) is 1. The first-order chi connectivity index (χ1) is 10.6. The second kappa shape index (κ2) is 6.27. The second-order valence-electron chi connectivity index (χ2n) is 5.46. The van der Waals surface area contributed by atoms with Gasteiger partial charge in [0.2, 0.25) is 0 Å². The van der Waals surface area contributed by atoms with Crippen LogP contribution in [-0.4, -0.2) is 28.4 Å². The van der Waals surface area contributed by atoms with Crippen LogP contribution in [-0.2, 0) is 11.8 Å². The van der Waals surface area contributed by atoms with Gasteiger partial charge in [0.05, 0.1) is 23.9 Å². The molecule has 0 aliphatic carbocycles. The number of nitrogens with one attached hydrogen (secondary N) is 1. The molecule has 0 spiro atoms. The van der Waals surface area contributed by atoms with Crippen molar-refractivity contribution >= 4 is 5.91 Å². The summed E-state index contributed by atoms with van der Waals surface area (Å²) in [4.78, 5) is 12.4. The highest BCUT2D eigenvalue weighted by Gasteiger charge is 2.29. The quantitative estimate of drug-likeness (QED) is 0.942. The van der Waals surface area contributed by atoms with Gasteiger partial charge in [0.15, 0.2) is 0 Å². The van der Waals surface area contributed by atoms with Crippen molar-refractivity contribution in [2.75, 3.05) is 6.61 Å². The van der Waals surface area contributed by atoms with E-state index in [1.54, 1.807) is 30.1 Å². The molecule has 2 aromatic rings. The van der Waals surface area contributed by atoms with Crippen molar-refractivity contribution in [3.05, 3.63) is 53.6 Å². The Morgan fingerprint density at radius 1 is 1.45 bits per heavy atom. The molecule has 3 rings (SSSR count). The molecule has 2 heterocycles. The molecular weight excluding hydrogens is 285 g/mol. The zero-order chi connectivity index (χ0) is 15.5. The summed E-state index contributed by atoms with van der Waals surface area (Å²) in [6.07, 6.45) is 4.92. The molecule has 0 saturated carbocycles. The zero-order valence-electron chi connectivity index (χ0n) is 12.3. The van der Waals surface area contributed by atoms with E-state index in [4.69, 9.17) is 4.74 Å². The topological polar surface area (TPSA) is 56.2 Å². The van der Waals surface area contributed by atoms with Gasteiger partial charge in [-0.2, -0.15) is 5.10 Å². The Morgan fingerprint density at radius 3 is 2.82 bits per heavy atom. The van der Waals surface area contributed by atoms with Crippen molar-refractivity contribution in [2.45, 2.75) is 25.0 Å². The molecule has 1 aliphatic rings. The van der Waals surface area contributed by atoms with Crippen molar-refractivity contribution in [3.8, 4) is 0 Å². The second-order valence-corrected chi connectivity index (χ2v) is 5.46. The summed E-state index contributed by atoms with van der Waals surface area (Å²) in [6.45, 7) is 0.686. The molecule has 1 aliphatic heterocycles. The van der Waals surface area contributed by atoms with Gasteiger partial charge in [0, 0.05) is 19.9 Å². The number of halogens is 1. The van der Waals surface area contributed by atoms with Crippen LogP contribution in [0.4, 0.5) is 4.39 Å². The van der Waals surface area contributed by atoms with Crippen LogP contribution in [0.1, 0.15) is 34.8 Å². The first-order valence-electron chi connectivity index (χ1n) is 7.30. The number of benzene rings is 1. The van der Waals surface area contributed by atoms with Crippen LogP contribution in [0.5, 0.6) is 0 Å². The van der Waals surface area contributed by atoms with Crippen molar-refractivity contribution < 1.29 is 13.9 Å². The fourth-order valence-electron chi connectivity index (χ4n) is 2.69. The lowest BCUT2D eigenvalue weighted by molar-refractivity contribution is 0.0672. The van der Waals surface area contributed by atoms with E-state index in [9.17, 15) is 9.18 Å². The number of ether oxygens (including phenoxy) is 1. The van der Waals surface area contributed by atoms with Crippen molar-refractivity contribution in [1.82, 2.24) is 15.1 Å². The predicted octanol–water partition coefficient (Wildman–Crippen LogP) is 2.21. The molecule has 1 N–H and O–H groups in total. The highest BCUT2D eigenvalue weighted by atomic mass is 19.1. The van der Waals surface area contributed by atoms with E-state index in [0.29, 0.717) is 12.2 Å². The lowest BCUT2D eigenvalue weighted by atomic mass is 9.99. The minimum atomic E-state index is -0.298. The molecule has 1 saturated heterocycles. The fourth-order valence-corrected chi connectivity index (χ4v) is 2.69. The maximum Gasteiger partial charge on any atom is 0.255 e. The molecule has 2 atom stereocenters. The monoisotopic (exact) mass is 303 g/mol. The number of hydrogen-bond acceptors (Lipinski definition) is 3. The summed E-state index contributed by atoms with van der Waals surface area (Å²) in [5.41, 5.74) is 1.33. The summed E-state index contributed by atoms with van der Waals surface area (Å²) in [5, 5.41) is 6.99. The van der Waals surface area contributed by atoms with Gasteiger partial charge in [-0.3, -0.25) is 9.48 Å². The molecule has 116 valence electrons. The smallest absolute Gasteiger partial charge is 0.255 e. The van der Waals surface area contributed by atoms with Gasteiger partial charge < -0.3 is 10.1 Å². The molecule has 0 bridgehead atoms. The van der Waals surface area contributed by atoms with E-state index < -0.39 is 0 Å². The molecule has 1 aromatic carbocycles. The van der Waals surface area contributed by atoms with E-state index in [2.05, 4.69) is 10.4 Å². The largest absolute Gasteiger partial charge is 0.376 e. The van der Waals surface area contributed by atoms with Crippen LogP contribution in [0.2, 0.25) is 0 Å². The maximum absolute atomic E-state index is 13.1. The number of carbonyl (C=O) groups excluding carboxylic acids is 1. The van der Waals surface area contributed by atoms with E-state index in [0.717, 1.165) is 18.4 Å². The molecule has 5 nitrogen and oxygen atoms in total. The van der Waals surface area contributed by atoms with Gasteiger partial charge in [-0.1, -0.05) is 12.1 Å². The SMILES string of the molecule is Cn1cc(C(=O)N[C@@H](c2ccc(F)cc2)[C@H]2CCCO2)cn1. The molecular formula is C16H18FN3O2. The first-order valence-corrected chi connectivity index (χ1v) is 7.30. The van der Waals surface area contributed by atoms with E-state index in [-0.39, 0.29) is 23.9 Å². The normalized spacial score (nSPS) is 19.1. The summed E-state index contributed by atoms with van der Waals surface area (Å²) < 4.78 is 20.4. The Hall–Kier alpha value is -2.21. The van der Waals surface area contributed by atoms with Crippen LogP contribution in [0.15, 0.2) is 36.7 Å². The van der Waals surface area contributed by atoms with Crippen molar-refractivity contribution in [3.63, 3.8) is 0 Å². The van der Waals surface area contributed by atoms with Gasteiger partial charge >= 0.3 is 0 Å². The molecule has 6 heteroatoms. The predicted molar refractivity (Wildman–Crippen MR) is 78.8 cm³/mol. The lowest BCUT2D eigenvalue weighted by Crippen LogP contribution is -2.36. The average Bonchev–Trinajstić information content (AvgIpc) is 3.17. The van der Waals surface area contributed by atoms with Crippen LogP contribution in [0.3, 0.4) is 0 Å². The Bertz CT molecular complexity index is 648. The lowest BCUT2D eigenvalue weighted by Gasteiger charge is -2.24. The van der Waals surface area contributed by atoms with Crippen molar-refractivity contribution in [1.29, 1.82) is 0 Å². The summed E-state index contributed by atoms with van der Waals surface area (Å²) in [5.74, 6) is -0.508. The summed E-state index contributed by atoms with van der Waals surface area (Å²) in [7, 11) is 1.76. The molecule has 0 radical (unpaired) electrons. The Kier molecular flexibility index (Phi) is 4.20. The Morgan fingerprint density at radius 2 is 2.23 bits per heavy atom. The van der Waals surface area contributed by atoms with Gasteiger partial charge in [0.1, 0.15) is 5.82 Å². The maximum atomic E-state index is 13.1. The minimum absolute atomic E-state index is 0.0916. The van der Waals surface area contributed by atoms with Gasteiger partial charge in [-0.15, -0.1) is 0 Å². The van der Waals surface area contributed by atoms with E-state index >= 15 is 0 Å². The fraction of sp³-hybridized carbons (Fsp3) is 0.375. The Labute approximate surface area is 128 Å². The van der Waals surface area contributed by atoms with Gasteiger partial charge in [-0.25, -0.2) is 4.39 Å². The van der Waals surface area contributed by atoms with E-state index in [1.807, 2.05) is 0 Å². The minimum Gasteiger partial charge on any atom is -0.376 e. The highest BCUT2D eigenvalue weighted by Crippen LogP contribution is 2.27. The van der Waals surface area contributed by atoms with Gasteiger partial charge in [-0.05, 0) is 30.5 Å². The van der Waals surface area contributed by atoms with Crippen molar-refractivity contribution in [2.24, 2.45) is 7.05 Å². The van der Waals surface area contributed by atoms with Gasteiger partial charge in [0.25, 0.3) is 5.91 Å². The number of amides is 1. The molecule has 1 aromatic heterocycles. The average molecular weight is 303 g/mol. The molecule has 1 fully saturated rings. The number of nitrogens with zero attached hydrogens (tertiary/aromatic N) is 2. The highest BCUT2D eigenvalue weighted by molar-refractivity contribution is 5.94. The molecule has 22 heavy (non-hydrogen) atoms. The standard InChI is InChI=1S/C16H18FN3O2/c1-20-10-12(9-18-20)16(21)19-15(14-3-2-8-22-14)11-4-6-13(17)7-5-11/h4-7,9-10,14-15H,2-3,8H2,1H3,(H,19,21)/t14-,15+/m1/s1. The molecule has 1 amide bonds. The van der Waals surface area contributed by atoms with E-state index in [1.165, 1.54) is 18.3 Å². The number of carbonyl (C=O) groups is 1. The third-order valence-electron chi connectivity index (χ3n) is 3.82. The summed E-state index contributed by atoms with van der Waals surface area (Å²) in [6, 6.07) is 5.87. The molecule has 0 unspecified atom stereocenters. The number of aromatic nitrogens is 2. The number of rotatable bonds is 4. The third-order valence-corrected chi connectivity index (χ3v) is 3.82. The van der Waals surface area contributed by atoms with Crippen LogP contribution in [0, 0.1) is 5.82 Å². The van der Waals surface area contributed by atoms with Crippen LogP contribution in [0.25, 0.3) is 0 Å². The summed E-state index contributed by atoms with van der Waals surface area (Å²) >= 11 is 0. The number of aryl methyl sites for hydroxylation is 1. The van der Waals surface area contributed by atoms with Crippen LogP contribution >= 0.6 is 0 Å². The third kappa shape index (κ3) is 3.17. The Balaban J connectivity index is 1.82. The first kappa shape index (κ1) is 14.7.